The summed E-state index contributed by atoms with van der Waals surface area (Å²) in [6.45, 7) is 12.2. The lowest BCUT2D eigenvalue weighted by molar-refractivity contribution is -0.00800. The molecule has 0 aromatic heterocycles. The average molecular weight is 200 g/mol. The van der Waals surface area contributed by atoms with E-state index in [9.17, 15) is 0 Å². The normalized spacial score (nSPS) is 26.1. The molecule has 1 N–H and O–H groups in total. The molecule has 0 spiro atoms. The Kier molecular flexibility index (Phi) is 4.35. The van der Waals surface area contributed by atoms with E-state index in [1.807, 2.05) is 0 Å². The summed E-state index contributed by atoms with van der Waals surface area (Å²) in [5, 5.41) is 3.45. The van der Waals surface area contributed by atoms with Gasteiger partial charge in [0.2, 0.25) is 0 Å². The zero-order valence-electron chi connectivity index (χ0n) is 9.97. The molecule has 0 radical (unpaired) electrons. The molecule has 1 atom stereocenters. The highest BCUT2D eigenvalue weighted by atomic mass is 16.5. The lowest BCUT2D eigenvalue weighted by Crippen LogP contribution is -2.42. The third-order valence-corrected chi connectivity index (χ3v) is 2.82. The molecule has 0 amide bonds. The number of methoxy groups -OCH3 is 1. The molecular formula is C11H24N2O. The van der Waals surface area contributed by atoms with E-state index in [4.69, 9.17) is 4.74 Å². The molecule has 0 aliphatic carbocycles. The van der Waals surface area contributed by atoms with Gasteiger partial charge in [-0.3, -0.25) is 4.90 Å². The number of nitrogens with one attached hydrogen (secondary N) is 1. The van der Waals surface area contributed by atoms with Crippen molar-refractivity contribution in [1.29, 1.82) is 0 Å². The van der Waals surface area contributed by atoms with Gasteiger partial charge in [0.05, 0.1) is 5.60 Å². The number of nitrogens with zero attached hydrogens (tertiary/aromatic N) is 1. The van der Waals surface area contributed by atoms with E-state index in [2.05, 4.69) is 31.0 Å². The average Bonchev–Trinajstić information content (AvgIpc) is 2.29. The van der Waals surface area contributed by atoms with Gasteiger partial charge < -0.3 is 10.1 Å². The molecule has 0 saturated carbocycles. The first-order chi connectivity index (χ1) is 6.53. The van der Waals surface area contributed by atoms with E-state index in [0.29, 0.717) is 0 Å². The molecule has 1 fully saturated rings. The molecule has 0 aromatic carbocycles. The van der Waals surface area contributed by atoms with Crippen LogP contribution in [-0.4, -0.2) is 50.3 Å². The van der Waals surface area contributed by atoms with Crippen molar-refractivity contribution in [2.45, 2.75) is 26.4 Å². The lowest BCUT2D eigenvalue weighted by atomic mass is 10.1. The molecule has 1 heterocycles. The first kappa shape index (κ1) is 12.0. The second kappa shape index (κ2) is 5.10. The standard InChI is InChI=1S/C11H24N2O/c1-10-7-12-5-6-13(8-10)9-11(2,3)14-4/h10,12H,5-9H2,1-4H3. The number of ether oxygens (including phenoxy) is 1. The van der Waals surface area contributed by atoms with Gasteiger partial charge in [0, 0.05) is 33.3 Å². The van der Waals surface area contributed by atoms with Gasteiger partial charge in [-0.25, -0.2) is 0 Å². The fraction of sp³-hybridized carbons (Fsp3) is 1.00. The lowest BCUT2D eigenvalue weighted by Gasteiger charge is -2.31. The molecule has 0 aromatic rings. The van der Waals surface area contributed by atoms with Gasteiger partial charge >= 0.3 is 0 Å². The van der Waals surface area contributed by atoms with Crippen LogP contribution in [0.15, 0.2) is 0 Å². The van der Waals surface area contributed by atoms with Gasteiger partial charge in [-0.05, 0) is 26.3 Å². The molecule has 1 aliphatic heterocycles. The number of hydrogen-bond acceptors (Lipinski definition) is 3. The first-order valence-corrected chi connectivity index (χ1v) is 5.52. The van der Waals surface area contributed by atoms with Crippen molar-refractivity contribution in [3.63, 3.8) is 0 Å². The molecule has 3 heteroatoms. The zero-order valence-corrected chi connectivity index (χ0v) is 9.97. The minimum Gasteiger partial charge on any atom is -0.377 e. The third kappa shape index (κ3) is 3.95. The number of hydrogen-bond donors (Lipinski definition) is 1. The summed E-state index contributed by atoms with van der Waals surface area (Å²) in [7, 11) is 1.79. The predicted octanol–water partition coefficient (Wildman–Crippen LogP) is 0.953. The Morgan fingerprint density at radius 3 is 2.86 bits per heavy atom. The SMILES string of the molecule is COC(C)(C)CN1CCNCC(C)C1. The van der Waals surface area contributed by atoms with E-state index in [1.165, 1.54) is 6.54 Å². The molecule has 84 valence electrons. The van der Waals surface area contributed by atoms with Crippen molar-refractivity contribution in [3.05, 3.63) is 0 Å². The van der Waals surface area contributed by atoms with Gasteiger partial charge in [0.15, 0.2) is 0 Å². The van der Waals surface area contributed by atoms with Crippen molar-refractivity contribution in [2.24, 2.45) is 5.92 Å². The van der Waals surface area contributed by atoms with Crippen LogP contribution in [-0.2, 0) is 4.74 Å². The van der Waals surface area contributed by atoms with Gasteiger partial charge in [0.1, 0.15) is 0 Å². The summed E-state index contributed by atoms with van der Waals surface area (Å²) in [4.78, 5) is 2.49. The van der Waals surface area contributed by atoms with Crippen molar-refractivity contribution in [3.8, 4) is 0 Å². The molecular weight excluding hydrogens is 176 g/mol. The second-order valence-electron chi connectivity index (χ2n) is 5.01. The van der Waals surface area contributed by atoms with Crippen LogP contribution in [0.1, 0.15) is 20.8 Å². The van der Waals surface area contributed by atoms with Crippen LogP contribution in [0.3, 0.4) is 0 Å². The molecule has 14 heavy (non-hydrogen) atoms. The topological polar surface area (TPSA) is 24.5 Å². The summed E-state index contributed by atoms with van der Waals surface area (Å²) in [6.07, 6.45) is 0. The molecule has 1 aliphatic rings. The van der Waals surface area contributed by atoms with Crippen LogP contribution in [0.4, 0.5) is 0 Å². The maximum absolute atomic E-state index is 5.45. The smallest absolute Gasteiger partial charge is 0.0749 e. The molecule has 1 unspecified atom stereocenters. The largest absolute Gasteiger partial charge is 0.377 e. The van der Waals surface area contributed by atoms with Crippen LogP contribution in [0.2, 0.25) is 0 Å². The highest BCUT2D eigenvalue weighted by Gasteiger charge is 2.23. The first-order valence-electron chi connectivity index (χ1n) is 5.52. The summed E-state index contributed by atoms with van der Waals surface area (Å²) in [6, 6.07) is 0. The maximum atomic E-state index is 5.45. The van der Waals surface area contributed by atoms with Crippen LogP contribution in [0.25, 0.3) is 0 Å². The summed E-state index contributed by atoms with van der Waals surface area (Å²) in [5.74, 6) is 0.741. The van der Waals surface area contributed by atoms with Gasteiger partial charge in [-0.15, -0.1) is 0 Å². The van der Waals surface area contributed by atoms with Crippen LogP contribution in [0.5, 0.6) is 0 Å². The quantitative estimate of drug-likeness (QED) is 0.734. The molecule has 0 bridgehead atoms. The summed E-state index contributed by atoms with van der Waals surface area (Å²) >= 11 is 0. The highest BCUT2D eigenvalue weighted by molar-refractivity contribution is 4.78. The van der Waals surface area contributed by atoms with Crippen molar-refractivity contribution < 1.29 is 4.74 Å². The zero-order chi connectivity index (χ0) is 10.6. The minimum atomic E-state index is -0.0238. The minimum absolute atomic E-state index is 0.0238. The Balaban J connectivity index is 2.42. The van der Waals surface area contributed by atoms with Gasteiger partial charge in [-0.1, -0.05) is 6.92 Å². The Hall–Kier alpha value is -0.120. The predicted molar refractivity (Wildman–Crippen MR) is 59.6 cm³/mol. The summed E-state index contributed by atoms with van der Waals surface area (Å²) < 4.78 is 5.45. The van der Waals surface area contributed by atoms with Crippen LogP contribution < -0.4 is 5.32 Å². The van der Waals surface area contributed by atoms with Crippen molar-refractivity contribution >= 4 is 0 Å². The molecule has 1 saturated heterocycles. The second-order valence-corrected chi connectivity index (χ2v) is 5.01. The molecule has 1 rings (SSSR count). The maximum Gasteiger partial charge on any atom is 0.0749 e. The van der Waals surface area contributed by atoms with E-state index in [1.54, 1.807) is 7.11 Å². The van der Waals surface area contributed by atoms with Gasteiger partial charge in [-0.2, -0.15) is 0 Å². The Morgan fingerprint density at radius 2 is 2.21 bits per heavy atom. The van der Waals surface area contributed by atoms with Crippen LogP contribution >= 0.6 is 0 Å². The monoisotopic (exact) mass is 200 g/mol. The van der Waals surface area contributed by atoms with E-state index in [0.717, 1.165) is 32.1 Å². The summed E-state index contributed by atoms with van der Waals surface area (Å²) in [5.41, 5.74) is -0.0238. The Morgan fingerprint density at radius 1 is 1.50 bits per heavy atom. The van der Waals surface area contributed by atoms with E-state index >= 15 is 0 Å². The third-order valence-electron chi connectivity index (χ3n) is 2.82. The van der Waals surface area contributed by atoms with Crippen molar-refractivity contribution in [2.75, 3.05) is 39.8 Å². The fourth-order valence-electron chi connectivity index (χ4n) is 1.93. The number of rotatable bonds is 3. The van der Waals surface area contributed by atoms with Crippen molar-refractivity contribution in [1.82, 2.24) is 10.2 Å². The molecule has 3 nitrogen and oxygen atoms in total. The van der Waals surface area contributed by atoms with E-state index < -0.39 is 0 Å². The Bertz CT molecular complexity index is 171. The van der Waals surface area contributed by atoms with Crippen LogP contribution in [0, 0.1) is 5.92 Å². The fourth-order valence-corrected chi connectivity index (χ4v) is 1.93. The Labute approximate surface area is 87.8 Å². The van der Waals surface area contributed by atoms with E-state index in [-0.39, 0.29) is 5.60 Å². The van der Waals surface area contributed by atoms with Gasteiger partial charge in [0.25, 0.3) is 0 Å². The highest BCUT2D eigenvalue weighted by Crippen LogP contribution is 2.12.